The molecule has 2 heterocycles. The van der Waals surface area contributed by atoms with Gasteiger partial charge in [0.05, 0.1) is 11.7 Å². The number of aryl methyl sites for hydroxylation is 2. The standard InChI is InChI=1S/C18H18N6O4S.2H2/c1-10-5-4-6-14-17(10)29(27,28)24(18(26)23-14)9-16(25)22-12(3)13-8-20-15(7-19)21-11(13)2;;/h4-6,8,12H,9H2,1-3H3,(H,22,25)(H,23,26);2*1H/t12-;;/m1../s1. The monoisotopic (exact) mass is 418 g/mol. The second-order valence-electron chi connectivity index (χ2n) is 6.53. The molecule has 0 aliphatic carbocycles. The number of urea groups is 1. The number of nitriles is 1. The van der Waals surface area contributed by atoms with Gasteiger partial charge >= 0.3 is 6.03 Å². The Bertz CT molecular complexity index is 1170. The first-order valence-corrected chi connectivity index (χ1v) is 10.1. The molecule has 1 aromatic heterocycles. The molecule has 0 saturated carbocycles. The lowest BCUT2D eigenvalue weighted by atomic mass is 10.1. The average Bonchev–Trinajstić information content (AvgIpc) is 2.64. The Hall–Kier alpha value is -3.52. The van der Waals surface area contributed by atoms with Crippen LogP contribution in [-0.2, 0) is 14.8 Å². The summed E-state index contributed by atoms with van der Waals surface area (Å²) in [5.41, 5.74) is 1.73. The molecule has 2 aromatic rings. The molecular formula is C18H22N6O4S. The van der Waals surface area contributed by atoms with Gasteiger partial charge in [0.25, 0.3) is 10.0 Å². The molecule has 0 spiro atoms. The van der Waals surface area contributed by atoms with Crippen LogP contribution in [-0.4, -0.2) is 41.2 Å². The summed E-state index contributed by atoms with van der Waals surface area (Å²) in [7, 11) is -4.18. The summed E-state index contributed by atoms with van der Waals surface area (Å²) in [5.74, 6) is -0.660. The number of nitrogens with zero attached hydrogens (tertiary/aromatic N) is 4. The van der Waals surface area contributed by atoms with Crippen molar-refractivity contribution in [1.82, 2.24) is 19.6 Å². The predicted octanol–water partition coefficient (Wildman–Crippen LogP) is 1.87. The highest BCUT2D eigenvalue weighted by molar-refractivity contribution is 7.90. The Morgan fingerprint density at radius 1 is 1.41 bits per heavy atom. The molecule has 0 bridgehead atoms. The fraction of sp³-hybridized carbons (Fsp3) is 0.278. The van der Waals surface area contributed by atoms with Crippen molar-refractivity contribution in [3.8, 4) is 6.07 Å². The van der Waals surface area contributed by atoms with Crippen molar-refractivity contribution < 1.29 is 20.9 Å². The molecule has 29 heavy (non-hydrogen) atoms. The van der Waals surface area contributed by atoms with Gasteiger partial charge in [-0.05, 0) is 32.4 Å². The summed E-state index contributed by atoms with van der Waals surface area (Å²) in [6.07, 6.45) is 1.43. The lowest BCUT2D eigenvalue weighted by Gasteiger charge is -2.29. The largest absolute Gasteiger partial charge is 0.348 e. The van der Waals surface area contributed by atoms with Crippen LogP contribution in [0.25, 0.3) is 0 Å². The van der Waals surface area contributed by atoms with Crippen molar-refractivity contribution >= 4 is 27.6 Å². The minimum atomic E-state index is -4.18. The zero-order valence-electron chi connectivity index (χ0n) is 15.9. The number of benzene rings is 1. The lowest BCUT2D eigenvalue weighted by molar-refractivity contribution is -0.121. The minimum Gasteiger partial charge on any atom is -0.348 e. The van der Waals surface area contributed by atoms with Crippen LogP contribution in [0.5, 0.6) is 0 Å². The molecule has 1 aromatic carbocycles. The Morgan fingerprint density at radius 3 is 2.79 bits per heavy atom. The quantitative estimate of drug-likeness (QED) is 0.771. The van der Waals surface area contributed by atoms with Crippen molar-refractivity contribution in [3.63, 3.8) is 0 Å². The van der Waals surface area contributed by atoms with E-state index in [-0.39, 0.29) is 19.3 Å². The van der Waals surface area contributed by atoms with E-state index in [1.807, 2.05) is 6.07 Å². The molecule has 0 saturated heterocycles. The molecule has 0 unspecified atom stereocenters. The van der Waals surface area contributed by atoms with E-state index in [2.05, 4.69) is 20.6 Å². The van der Waals surface area contributed by atoms with E-state index in [9.17, 15) is 18.0 Å². The third-order valence-corrected chi connectivity index (χ3v) is 6.41. The van der Waals surface area contributed by atoms with E-state index in [4.69, 9.17) is 5.26 Å². The second-order valence-corrected chi connectivity index (χ2v) is 8.33. The van der Waals surface area contributed by atoms with Crippen molar-refractivity contribution in [1.29, 1.82) is 5.26 Å². The normalized spacial score (nSPS) is 15.7. The number of aromatic nitrogens is 2. The number of carbonyl (C=O) groups is 2. The molecule has 3 amide bonds. The number of amides is 3. The summed E-state index contributed by atoms with van der Waals surface area (Å²) in [5, 5.41) is 14.0. The van der Waals surface area contributed by atoms with E-state index in [0.29, 0.717) is 21.1 Å². The van der Waals surface area contributed by atoms with Gasteiger partial charge in [0.2, 0.25) is 11.7 Å². The van der Waals surface area contributed by atoms with E-state index < -0.39 is 34.5 Å². The topological polar surface area (TPSA) is 145 Å². The van der Waals surface area contributed by atoms with Crippen LogP contribution in [0.2, 0.25) is 0 Å². The first-order valence-electron chi connectivity index (χ1n) is 8.61. The van der Waals surface area contributed by atoms with Gasteiger partial charge in [-0.1, -0.05) is 12.1 Å². The van der Waals surface area contributed by atoms with Crippen LogP contribution in [0.1, 0.15) is 38.5 Å². The third-order valence-electron chi connectivity index (χ3n) is 4.48. The zero-order valence-corrected chi connectivity index (χ0v) is 16.7. The molecule has 2 N–H and O–H groups in total. The number of anilines is 1. The van der Waals surface area contributed by atoms with Gasteiger partial charge in [-0.25, -0.2) is 27.5 Å². The number of fused-ring (bicyclic) bond motifs is 1. The smallest absolute Gasteiger partial charge is 0.336 e. The van der Waals surface area contributed by atoms with Crippen LogP contribution in [0.3, 0.4) is 0 Å². The maximum Gasteiger partial charge on any atom is 0.336 e. The highest BCUT2D eigenvalue weighted by atomic mass is 32.2. The SMILES string of the molecule is Cc1cccc2c1S(=O)(=O)N(CC(=O)N[C@H](C)c1cnc(C#N)nc1C)C(=O)N2.[HH].[HH]. The van der Waals surface area contributed by atoms with E-state index in [0.717, 1.165) is 0 Å². The van der Waals surface area contributed by atoms with Gasteiger partial charge in [0, 0.05) is 20.3 Å². The summed E-state index contributed by atoms with van der Waals surface area (Å²) >= 11 is 0. The molecule has 3 rings (SSSR count). The summed E-state index contributed by atoms with van der Waals surface area (Å²) in [4.78, 5) is 32.6. The van der Waals surface area contributed by atoms with Gasteiger partial charge in [0.15, 0.2) is 0 Å². The fourth-order valence-corrected chi connectivity index (χ4v) is 4.74. The van der Waals surface area contributed by atoms with Gasteiger partial charge in [-0.2, -0.15) is 5.26 Å². The average molecular weight is 418 g/mol. The van der Waals surface area contributed by atoms with Crippen molar-refractivity contribution in [2.75, 3.05) is 11.9 Å². The zero-order chi connectivity index (χ0) is 21.3. The van der Waals surface area contributed by atoms with E-state index in [1.54, 1.807) is 32.9 Å². The molecule has 10 nitrogen and oxygen atoms in total. The van der Waals surface area contributed by atoms with Gasteiger partial charge < -0.3 is 10.6 Å². The molecule has 1 aliphatic heterocycles. The molecule has 1 aliphatic rings. The first kappa shape index (κ1) is 20.2. The fourth-order valence-electron chi connectivity index (χ4n) is 3.10. The summed E-state index contributed by atoms with van der Waals surface area (Å²) in [6, 6.07) is 5.11. The molecular weight excluding hydrogens is 396 g/mol. The van der Waals surface area contributed by atoms with Crippen LogP contribution in [0.15, 0.2) is 29.3 Å². The number of carbonyl (C=O) groups excluding carboxylic acids is 2. The van der Waals surface area contributed by atoms with Crippen LogP contribution in [0, 0.1) is 25.2 Å². The van der Waals surface area contributed by atoms with Gasteiger partial charge in [0.1, 0.15) is 17.5 Å². The second kappa shape index (κ2) is 7.48. The van der Waals surface area contributed by atoms with Crippen LogP contribution in [0.4, 0.5) is 10.5 Å². The first-order chi connectivity index (χ1) is 13.6. The number of nitrogens with one attached hydrogen (secondary N) is 2. The van der Waals surface area contributed by atoms with Crippen LogP contribution >= 0.6 is 0 Å². The minimum absolute atomic E-state index is 0. The number of hydrogen-bond acceptors (Lipinski definition) is 7. The molecule has 11 heteroatoms. The van der Waals surface area contributed by atoms with Crippen LogP contribution < -0.4 is 10.6 Å². The van der Waals surface area contributed by atoms with E-state index in [1.165, 1.54) is 12.3 Å². The predicted molar refractivity (Wildman–Crippen MR) is 106 cm³/mol. The summed E-state index contributed by atoms with van der Waals surface area (Å²) < 4.78 is 26.3. The lowest BCUT2D eigenvalue weighted by Crippen LogP contribution is -2.49. The molecule has 0 fully saturated rings. The number of rotatable bonds is 4. The summed E-state index contributed by atoms with van der Waals surface area (Å²) in [6.45, 7) is 4.27. The van der Waals surface area contributed by atoms with Crippen molar-refractivity contribution in [3.05, 3.63) is 47.0 Å². The van der Waals surface area contributed by atoms with E-state index >= 15 is 0 Å². The van der Waals surface area contributed by atoms with Crippen molar-refractivity contribution in [2.24, 2.45) is 0 Å². The highest BCUT2D eigenvalue weighted by Gasteiger charge is 2.39. The Balaban J connectivity index is 0.00000240. The molecule has 154 valence electrons. The number of sulfonamides is 1. The third kappa shape index (κ3) is 3.74. The maximum absolute atomic E-state index is 12.9. The Morgan fingerprint density at radius 2 is 2.14 bits per heavy atom. The molecule has 1 atom stereocenters. The molecule has 0 radical (unpaired) electrons. The number of hydrogen-bond donors (Lipinski definition) is 2. The maximum atomic E-state index is 12.9. The van der Waals surface area contributed by atoms with Gasteiger partial charge in [-0.3, -0.25) is 4.79 Å². The Kier molecular flexibility index (Phi) is 5.21. The Labute approximate surface area is 170 Å². The van der Waals surface area contributed by atoms with Gasteiger partial charge in [-0.15, -0.1) is 0 Å². The van der Waals surface area contributed by atoms with Crippen molar-refractivity contribution in [2.45, 2.75) is 31.7 Å². The highest BCUT2D eigenvalue weighted by Crippen LogP contribution is 2.32.